The second-order valence-electron chi connectivity index (χ2n) is 8.64. The number of nitrogens with one attached hydrogen (secondary N) is 1. The number of rotatable bonds is 8. The number of nitrogens with zero attached hydrogens (tertiary/aromatic N) is 3. The molecule has 1 N–H and O–H groups in total. The molecule has 1 atom stereocenters. The highest BCUT2D eigenvalue weighted by atomic mass is 127. The van der Waals surface area contributed by atoms with Gasteiger partial charge in [-0.25, -0.2) is 4.98 Å². The average Bonchev–Trinajstić information content (AvgIpc) is 2.88. The Labute approximate surface area is 237 Å². The fourth-order valence-corrected chi connectivity index (χ4v) is 4.72. The lowest BCUT2D eigenvalue weighted by Crippen LogP contribution is -2.23. The Morgan fingerprint density at radius 1 is 1.22 bits per heavy atom. The van der Waals surface area contributed by atoms with Gasteiger partial charge in [-0.2, -0.15) is 9.78 Å². The number of hydrogen-bond donors (Lipinski definition) is 1. The van der Waals surface area contributed by atoms with E-state index in [2.05, 4.69) is 55.9 Å². The van der Waals surface area contributed by atoms with E-state index in [9.17, 15) is 9.59 Å². The first-order valence-electron chi connectivity index (χ1n) is 11.8. The minimum Gasteiger partial charge on any atom is -0.483 e. The Kier molecular flexibility index (Phi) is 8.75. The first kappa shape index (κ1) is 27.0. The molecule has 0 radical (unpaired) electrons. The van der Waals surface area contributed by atoms with Gasteiger partial charge in [0.2, 0.25) is 0 Å². The Bertz CT molecular complexity index is 1550. The van der Waals surface area contributed by atoms with Gasteiger partial charge in [0, 0.05) is 16.1 Å². The molecule has 0 saturated carbocycles. The van der Waals surface area contributed by atoms with Gasteiger partial charge in [0.1, 0.15) is 11.6 Å². The largest absolute Gasteiger partial charge is 0.483 e. The van der Waals surface area contributed by atoms with E-state index in [0.29, 0.717) is 22.5 Å². The molecule has 0 unspecified atom stereocenters. The SMILES string of the molecule is CC[C@@H](C)c1nc2ccc(Br)cc2c(=O)n1N=Cc1ccc(OCC(=O)Nc2ccccc2C)c(I)c1. The summed E-state index contributed by atoms with van der Waals surface area (Å²) in [5, 5.41) is 7.88. The standard InChI is InChI=1S/C28H26BrIN4O3/c1-4-17(2)27-33-24-11-10-20(29)14-21(24)28(36)34(27)31-15-19-9-12-25(22(30)13-19)37-16-26(35)32-23-8-6-5-7-18(23)3/h5-15,17H,4,16H2,1-3H3,(H,32,35)/t17-/m1/s1. The van der Waals surface area contributed by atoms with Gasteiger partial charge in [0.05, 0.1) is 20.7 Å². The number of ether oxygens (including phenoxy) is 1. The molecule has 4 rings (SSSR count). The first-order chi connectivity index (χ1) is 17.8. The molecule has 1 heterocycles. The van der Waals surface area contributed by atoms with Crippen LogP contribution in [0.5, 0.6) is 5.75 Å². The first-order valence-corrected chi connectivity index (χ1v) is 13.7. The lowest BCUT2D eigenvalue weighted by molar-refractivity contribution is -0.118. The van der Waals surface area contributed by atoms with Crippen LogP contribution in [0.25, 0.3) is 10.9 Å². The van der Waals surface area contributed by atoms with Crippen LogP contribution < -0.4 is 15.6 Å². The van der Waals surface area contributed by atoms with Crippen LogP contribution in [-0.2, 0) is 4.79 Å². The Balaban J connectivity index is 1.53. The maximum atomic E-state index is 13.3. The quantitative estimate of drug-likeness (QED) is 0.171. The molecule has 3 aromatic carbocycles. The Morgan fingerprint density at radius 3 is 2.73 bits per heavy atom. The van der Waals surface area contributed by atoms with E-state index < -0.39 is 0 Å². The summed E-state index contributed by atoms with van der Waals surface area (Å²) < 4.78 is 8.75. The normalized spacial score (nSPS) is 12.1. The van der Waals surface area contributed by atoms with Crippen molar-refractivity contribution >= 4 is 67.2 Å². The number of aromatic nitrogens is 2. The van der Waals surface area contributed by atoms with Gasteiger partial charge in [0.25, 0.3) is 11.5 Å². The van der Waals surface area contributed by atoms with Crippen molar-refractivity contribution in [3.8, 4) is 5.75 Å². The number of anilines is 1. The van der Waals surface area contributed by atoms with Crippen molar-refractivity contribution in [2.24, 2.45) is 5.10 Å². The van der Waals surface area contributed by atoms with E-state index in [1.807, 2.05) is 62.4 Å². The van der Waals surface area contributed by atoms with E-state index in [-0.39, 0.29) is 24.0 Å². The highest BCUT2D eigenvalue weighted by Crippen LogP contribution is 2.23. The van der Waals surface area contributed by atoms with Crippen LogP contribution in [0.2, 0.25) is 0 Å². The summed E-state index contributed by atoms with van der Waals surface area (Å²) in [6.45, 7) is 5.91. The summed E-state index contributed by atoms with van der Waals surface area (Å²) in [6.07, 6.45) is 2.46. The highest BCUT2D eigenvalue weighted by molar-refractivity contribution is 14.1. The molecule has 0 bridgehead atoms. The number of amides is 1. The molecule has 1 aromatic heterocycles. The summed E-state index contributed by atoms with van der Waals surface area (Å²) in [5.41, 5.74) is 2.97. The van der Waals surface area contributed by atoms with Crippen LogP contribution in [-0.4, -0.2) is 28.4 Å². The van der Waals surface area contributed by atoms with Crippen molar-refractivity contribution in [1.29, 1.82) is 0 Å². The second-order valence-corrected chi connectivity index (χ2v) is 10.7. The lowest BCUT2D eigenvalue weighted by atomic mass is 10.1. The molecule has 0 fully saturated rings. The number of aryl methyl sites for hydroxylation is 1. The minimum absolute atomic E-state index is 0.0552. The monoisotopic (exact) mass is 672 g/mol. The summed E-state index contributed by atoms with van der Waals surface area (Å²) in [7, 11) is 0. The summed E-state index contributed by atoms with van der Waals surface area (Å²) >= 11 is 5.59. The van der Waals surface area contributed by atoms with Gasteiger partial charge in [-0.15, -0.1) is 0 Å². The summed E-state index contributed by atoms with van der Waals surface area (Å²) in [4.78, 5) is 30.4. The van der Waals surface area contributed by atoms with Crippen molar-refractivity contribution in [2.45, 2.75) is 33.1 Å². The molecular formula is C28H26BrIN4O3. The molecule has 7 nitrogen and oxygen atoms in total. The Hall–Kier alpha value is -3.05. The van der Waals surface area contributed by atoms with E-state index in [1.165, 1.54) is 4.68 Å². The number of fused-ring (bicyclic) bond motifs is 1. The Morgan fingerprint density at radius 2 is 2.00 bits per heavy atom. The van der Waals surface area contributed by atoms with E-state index in [1.54, 1.807) is 18.3 Å². The van der Waals surface area contributed by atoms with E-state index in [4.69, 9.17) is 9.72 Å². The van der Waals surface area contributed by atoms with Crippen molar-refractivity contribution in [2.75, 3.05) is 11.9 Å². The molecule has 190 valence electrons. The minimum atomic E-state index is -0.233. The molecule has 4 aromatic rings. The van der Waals surface area contributed by atoms with Crippen LogP contribution >= 0.6 is 38.5 Å². The number of benzene rings is 3. The molecule has 0 aliphatic heterocycles. The number of carbonyl (C=O) groups excluding carboxylic acids is 1. The van der Waals surface area contributed by atoms with Crippen LogP contribution in [0.4, 0.5) is 5.69 Å². The van der Waals surface area contributed by atoms with Crippen molar-refractivity contribution in [1.82, 2.24) is 9.66 Å². The zero-order chi connectivity index (χ0) is 26.5. The number of hydrogen-bond acceptors (Lipinski definition) is 5. The molecule has 0 aliphatic rings. The summed E-state index contributed by atoms with van der Waals surface area (Å²) in [6, 6.07) is 18.6. The second kappa shape index (κ2) is 12.0. The fourth-order valence-electron chi connectivity index (χ4n) is 3.66. The topological polar surface area (TPSA) is 85.6 Å². The third-order valence-corrected chi connectivity index (χ3v) is 7.28. The number of halogens is 2. The molecule has 9 heteroatoms. The highest BCUT2D eigenvalue weighted by Gasteiger charge is 2.16. The molecule has 0 aliphatic carbocycles. The van der Waals surface area contributed by atoms with Gasteiger partial charge in [0.15, 0.2) is 6.61 Å². The van der Waals surface area contributed by atoms with Gasteiger partial charge in [-0.05, 0) is 89.5 Å². The molecular weight excluding hydrogens is 647 g/mol. The van der Waals surface area contributed by atoms with Crippen molar-refractivity contribution < 1.29 is 9.53 Å². The molecule has 1 amide bonds. The van der Waals surface area contributed by atoms with E-state index in [0.717, 1.165) is 31.3 Å². The zero-order valence-corrected chi connectivity index (χ0v) is 24.4. The maximum absolute atomic E-state index is 13.3. The molecule has 37 heavy (non-hydrogen) atoms. The van der Waals surface area contributed by atoms with E-state index >= 15 is 0 Å². The average molecular weight is 673 g/mol. The van der Waals surface area contributed by atoms with Crippen molar-refractivity contribution in [3.05, 3.63) is 96.0 Å². The zero-order valence-electron chi connectivity index (χ0n) is 20.7. The van der Waals surface area contributed by atoms with Crippen LogP contribution in [0.1, 0.15) is 43.1 Å². The van der Waals surface area contributed by atoms with Gasteiger partial charge >= 0.3 is 0 Å². The van der Waals surface area contributed by atoms with Crippen LogP contribution in [0, 0.1) is 10.5 Å². The summed E-state index contributed by atoms with van der Waals surface area (Å²) in [5.74, 6) is 1.03. The van der Waals surface area contributed by atoms with Gasteiger partial charge < -0.3 is 10.1 Å². The third-order valence-electron chi connectivity index (χ3n) is 5.94. The van der Waals surface area contributed by atoms with Crippen molar-refractivity contribution in [3.63, 3.8) is 0 Å². The fraction of sp³-hybridized carbons (Fsp3) is 0.214. The predicted octanol–water partition coefficient (Wildman–Crippen LogP) is 6.49. The third kappa shape index (κ3) is 6.45. The maximum Gasteiger partial charge on any atom is 0.282 e. The molecule has 0 spiro atoms. The number of carbonyl (C=O) groups is 1. The molecule has 0 saturated heterocycles. The van der Waals surface area contributed by atoms with Crippen LogP contribution in [0.3, 0.4) is 0 Å². The number of para-hydroxylation sites is 1. The lowest BCUT2D eigenvalue weighted by Gasteiger charge is -2.14. The van der Waals surface area contributed by atoms with Gasteiger partial charge in [-0.1, -0.05) is 48.0 Å². The smallest absolute Gasteiger partial charge is 0.282 e. The van der Waals surface area contributed by atoms with Crippen LogP contribution in [0.15, 0.2) is 75.0 Å². The van der Waals surface area contributed by atoms with Gasteiger partial charge in [-0.3, -0.25) is 9.59 Å². The predicted molar refractivity (Wildman–Crippen MR) is 160 cm³/mol.